The Morgan fingerprint density at radius 3 is 1.31 bits per heavy atom. The molecule has 0 saturated heterocycles. The molecule has 2 aromatic carbocycles. The summed E-state index contributed by atoms with van der Waals surface area (Å²) in [7, 11) is 13.2. The van der Waals surface area contributed by atoms with Crippen molar-refractivity contribution >= 4 is 46.0 Å². The minimum Gasteiger partial charge on any atom is -0.497 e. The maximum atomic E-state index is 12.7. The van der Waals surface area contributed by atoms with Crippen LogP contribution in [-0.4, -0.2) is 111 Å². The van der Waals surface area contributed by atoms with E-state index >= 15 is 0 Å². The Hall–Kier alpha value is -3.32. The molecule has 0 N–H and O–H groups in total. The van der Waals surface area contributed by atoms with Crippen LogP contribution in [0.5, 0.6) is 23.0 Å². The lowest BCUT2D eigenvalue weighted by molar-refractivity contribution is -0.130. The number of carbonyl (C=O) groups excluding carboxylic acids is 2. The fraction of sp³-hybridized carbons (Fsp3) is 0.407. The molecule has 0 aliphatic rings. The molecule has 2 rings (SSSR count). The standard InChI is InChI=1S/C27H36N4O6S2/c1-28(30(3)26(38)22-14-20(34-5)9-11-24(22)36-7)16-18(32)13-19(33)17-29(2)31(4)27(39)23-15-21(35-6)10-12-25(23)37-8/h9-12,14-15H,13,16-17H2,1-8H3. The second kappa shape index (κ2) is 14.7. The number of hydrogen-bond acceptors (Lipinski definition) is 10. The topological polar surface area (TPSA) is 84.0 Å². The molecule has 0 bridgehead atoms. The number of carbonyl (C=O) groups is 2. The molecule has 0 atom stereocenters. The van der Waals surface area contributed by atoms with Gasteiger partial charge in [-0.1, -0.05) is 24.4 Å². The van der Waals surface area contributed by atoms with Crippen LogP contribution in [0.1, 0.15) is 17.5 Å². The molecule has 12 heteroatoms. The van der Waals surface area contributed by atoms with Crippen LogP contribution in [-0.2, 0) is 9.59 Å². The predicted molar refractivity (Wildman–Crippen MR) is 158 cm³/mol. The molecule has 39 heavy (non-hydrogen) atoms. The Bertz CT molecular complexity index is 1120. The number of nitrogens with zero attached hydrogens (tertiary/aromatic N) is 4. The van der Waals surface area contributed by atoms with Crippen molar-refractivity contribution in [1.82, 2.24) is 20.0 Å². The molecule has 0 heterocycles. The van der Waals surface area contributed by atoms with Crippen molar-refractivity contribution in [1.29, 1.82) is 0 Å². The largest absolute Gasteiger partial charge is 0.497 e. The summed E-state index contributed by atoms with van der Waals surface area (Å²) in [4.78, 5) is 26.4. The Labute approximate surface area is 240 Å². The zero-order chi connectivity index (χ0) is 29.3. The van der Waals surface area contributed by atoms with Crippen molar-refractivity contribution in [2.75, 3.05) is 69.7 Å². The van der Waals surface area contributed by atoms with Crippen molar-refractivity contribution in [3.63, 3.8) is 0 Å². The van der Waals surface area contributed by atoms with E-state index in [0.29, 0.717) is 44.1 Å². The lowest BCUT2D eigenvalue weighted by Gasteiger charge is -2.31. The minimum atomic E-state index is -0.247. The van der Waals surface area contributed by atoms with E-state index < -0.39 is 0 Å². The fourth-order valence-corrected chi connectivity index (χ4v) is 4.27. The minimum absolute atomic E-state index is 0.00631. The van der Waals surface area contributed by atoms with Gasteiger partial charge >= 0.3 is 0 Å². The van der Waals surface area contributed by atoms with Crippen LogP contribution in [0.4, 0.5) is 0 Å². The molecule has 0 spiro atoms. The zero-order valence-corrected chi connectivity index (χ0v) is 25.3. The molecule has 0 aliphatic carbocycles. The molecule has 212 valence electrons. The molecule has 0 aromatic heterocycles. The van der Waals surface area contributed by atoms with Gasteiger partial charge in [0.2, 0.25) is 0 Å². The summed E-state index contributed by atoms with van der Waals surface area (Å²) in [5.74, 6) is 1.93. The molecule has 0 saturated carbocycles. The predicted octanol–water partition coefficient (Wildman–Crippen LogP) is 2.86. The van der Waals surface area contributed by atoms with Crippen LogP contribution in [0.2, 0.25) is 0 Å². The molecule has 0 unspecified atom stereocenters. The SMILES string of the molecule is COc1ccc(OC)c(C(=S)N(C)N(C)CC(=O)CC(=O)CN(C)N(C)C(=S)c2cc(OC)ccc2OC)c1. The van der Waals surface area contributed by atoms with E-state index in [1.54, 1.807) is 113 Å². The third-order valence-corrected chi connectivity index (χ3v) is 7.06. The van der Waals surface area contributed by atoms with Crippen molar-refractivity contribution < 1.29 is 28.5 Å². The summed E-state index contributed by atoms with van der Waals surface area (Å²) in [6.07, 6.45) is -0.235. The smallest absolute Gasteiger partial charge is 0.156 e. The van der Waals surface area contributed by atoms with Gasteiger partial charge < -0.3 is 18.9 Å². The molecular formula is C27H36N4O6S2. The molecule has 0 aliphatic heterocycles. The summed E-state index contributed by atoms with van der Waals surface area (Å²) >= 11 is 11.3. The average Bonchev–Trinajstić information content (AvgIpc) is 2.94. The van der Waals surface area contributed by atoms with E-state index in [4.69, 9.17) is 43.4 Å². The Morgan fingerprint density at radius 2 is 1.00 bits per heavy atom. The summed E-state index contributed by atoms with van der Waals surface area (Å²) in [6.45, 7) is -0.0126. The van der Waals surface area contributed by atoms with Gasteiger partial charge in [0.25, 0.3) is 0 Å². The van der Waals surface area contributed by atoms with Gasteiger partial charge in [0.1, 0.15) is 33.0 Å². The molecule has 0 amide bonds. The summed E-state index contributed by atoms with van der Waals surface area (Å²) in [5, 5.41) is 6.62. The number of ether oxygens (including phenoxy) is 4. The van der Waals surface area contributed by atoms with E-state index in [1.165, 1.54) is 0 Å². The van der Waals surface area contributed by atoms with Crippen LogP contribution >= 0.6 is 24.4 Å². The number of ketones is 2. The number of hydrogen-bond donors (Lipinski definition) is 0. The van der Waals surface area contributed by atoms with Gasteiger partial charge in [-0.3, -0.25) is 19.6 Å². The number of hydrazine groups is 2. The van der Waals surface area contributed by atoms with Gasteiger partial charge in [0.15, 0.2) is 11.6 Å². The fourth-order valence-electron chi connectivity index (χ4n) is 3.68. The number of thiocarbonyl (C=S) groups is 2. The average molecular weight is 577 g/mol. The van der Waals surface area contributed by atoms with E-state index in [9.17, 15) is 9.59 Å². The van der Waals surface area contributed by atoms with E-state index in [1.807, 2.05) is 0 Å². The maximum absolute atomic E-state index is 12.7. The van der Waals surface area contributed by atoms with Crippen LogP contribution in [0, 0.1) is 0 Å². The second-order valence-corrected chi connectivity index (χ2v) is 9.45. The second-order valence-electron chi connectivity index (χ2n) is 8.68. The molecule has 10 nitrogen and oxygen atoms in total. The highest BCUT2D eigenvalue weighted by molar-refractivity contribution is 7.81. The first-order chi connectivity index (χ1) is 18.5. The Morgan fingerprint density at radius 1 is 0.641 bits per heavy atom. The van der Waals surface area contributed by atoms with Crippen LogP contribution in [0.25, 0.3) is 0 Å². The first-order valence-electron chi connectivity index (χ1n) is 11.9. The summed E-state index contributed by atoms with van der Waals surface area (Å²) < 4.78 is 21.4. The Balaban J connectivity index is 1.98. The quantitative estimate of drug-likeness (QED) is 0.188. The summed E-state index contributed by atoms with van der Waals surface area (Å²) in [6, 6.07) is 10.6. The van der Waals surface area contributed by atoms with E-state index in [2.05, 4.69) is 0 Å². The Kier molecular flexibility index (Phi) is 12.0. The van der Waals surface area contributed by atoms with Crippen LogP contribution in [0.15, 0.2) is 36.4 Å². The third-order valence-electron chi connectivity index (χ3n) is 6.09. The lowest BCUT2D eigenvalue weighted by atomic mass is 10.1. The number of likely N-dealkylation sites (N-methyl/N-ethyl adjacent to an activating group) is 2. The van der Waals surface area contributed by atoms with Crippen molar-refractivity contribution in [2.24, 2.45) is 0 Å². The van der Waals surface area contributed by atoms with Gasteiger partial charge in [-0.05, 0) is 36.4 Å². The van der Waals surface area contributed by atoms with Crippen molar-refractivity contribution in [2.45, 2.75) is 6.42 Å². The summed E-state index contributed by atoms with van der Waals surface area (Å²) in [5.41, 5.74) is 1.30. The molecule has 0 radical (unpaired) electrons. The van der Waals surface area contributed by atoms with Gasteiger partial charge in [-0.15, -0.1) is 0 Å². The highest BCUT2D eigenvalue weighted by Crippen LogP contribution is 2.27. The van der Waals surface area contributed by atoms with Gasteiger partial charge in [0, 0.05) is 28.2 Å². The maximum Gasteiger partial charge on any atom is 0.156 e. The number of rotatable bonds is 14. The molecular weight excluding hydrogens is 540 g/mol. The normalized spacial score (nSPS) is 10.7. The van der Waals surface area contributed by atoms with Crippen molar-refractivity contribution in [3.05, 3.63) is 47.5 Å². The zero-order valence-electron chi connectivity index (χ0n) is 23.6. The highest BCUT2D eigenvalue weighted by Gasteiger charge is 2.22. The van der Waals surface area contributed by atoms with Crippen molar-refractivity contribution in [3.8, 4) is 23.0 Å². The molecule has 2 aromatic rings. The number of benzene rings is 2. The lowest BCUT2D eigenvalue weighted by Crippen LogP contribution is -2.45. The highest BCUT2D eigenvalue weighted by atomic mass is 32.1. The van der Waals surface area contributed by atoms with Gasteiger partial charge in [0.05, 0.1) is 59.1 Å². The van der Waals surface area contributed by atoms with Crippen LogP contribution in [0.3, 0.4) is 0 Å². The van der Waals surface area contributed by atoms with Crippen LogP contribution < -0.4 is 18.9 Å². The molecule has 0 fully saturated rings. The monoisotopic (exact) mass is 576 g/mol. The third kappa shape index (κ3) is 8.33. The van der Waals surface area contributed by atoms with E-state index in [-0.39, 0.29) is 31.1 Å². The van der Waals surface area contributed by atoms with E-state index in [0.717, 1.165) is 0 Å². The first kappa shape index (κ1) is 31.9. The van der Waals surface area contributed by atoms with Gasteiger partial charge in [-0.2, -0.15) is 0 Å². The first-order valence-corrected chi connectivity index (χ1v) is 12.7. The number of Topliss-reactive ketones (excluding diaryl/α,β-unsaturated/α-hetero) is 2. The number of methoxy groups -OCH3 is 4. The van der Waals surface area contributed by atoms with Gasteiger partial charge in [-0.25, -0.2) is 10.0 Å².